The summed E-state index contributed by atoms with van der Waals surface area (Å²) in [5.74, 6) is -0.321. The van der Waals surface area contributed by atoms with Gasteiger partial charge < -0.3 is 5.32 Å². The molecule has 0 atom stereocenters. The maximum absolute atomic E-state index is 12.0. The Labute approximate surface area is 85.6 Å². The molecule has 0 aromatic carbocycles. The summed E-state index contributed by atoms with van der Waals surface area (Å²) in [7, 11) is 0. The monoisotopic (exact) mass is 215 g/mol. The molecule has 4 nitrogen and oxygen atoms in total. The highest BCUT2D eigenvalue weighted by atomic mass is 19.3. The minimum Gasteiger partial charge on any atom is -0.347 e. The summed E-state index contributed by atoms with van der Waals surface area (Å²) in [5.41, 5.74) is 0.533. The molecule has 15 heavy (non-hydrogen) atoms. The molecule has 0 saturated carbocycles. The van der Waals surface area contributed by atoms with E-state index in [1.165, 1.54) is 6.20 Å². The van der Waals surface area contributed by atoms with Crippen LogP contribution < -0.4 is 5.32 Å². The van der Waals surface area contributed by atoms with Gasteiger partial charge in [0.2, 0.25) is 5.91 Å². The number of hydrogen-bond acceptors (Lipinski definition) is 2. The maximum Gasteiger partial charge on any atom is 0.257 e. The molecule has 1 amide bonds. The van der Waals surface area contributed by atoms with Crippen LogP contribution in [0.25, 0.3) is 0 Å². The summed E-state index contributed by atoms with van der Waals surface area (Å²) in [6, 6.07) is 1.58. The predicted octanol–water partition coefficient (Wildman–Crippen LogP) is 0.950. The van der Waals surface area contributed by atoms with E-state index >= 15 is 0 Å². The van der Waals surface area contributed by atoms with Crippen molar-refractivity contribution in [1.29, 1.82) is 0 Å². The molecule has 0 aliphatic rings. The van der Waals surface area contributed by atoms with Crippen molar-refractivity contribution in [1.82, 2.24) is 15.1 Å². The Kier molecular flexibility index (Phi) is 3.96. The van der Waals surface area contributed by atoms with Crippen LogP contribution in [-0.2, 0) is 17.9 Å². The molecule has 6 heteroatoms. The van der Waals surface area contributed by atoms with E-state index in [0.717, 1.165) is 10.8 Å². The fourth-order valence-corrected chi connectivity index (χ4v) is 0.991. The zero-order chi connectivity index (χ0) is 11.3. The number of amides is 1. The van der Waals surface area contributed by atoms with Gasteiger partial charge >= 0.3 is 0 Å². The number of aromatic nitrogens is 2. The first kappa shape index (κ1) is 11.4. The van der Waals surface area contributed by atoms with E-state index in [1.54, 1.807) is 6.07 Å². The van der Waals surface area contributed by atoms with Crippen molar-refractivity contribution < 1.29 is 13.6 Å². The molecule has 1 aromatic rings. The lowest BCUT2D eigenvalue weighted by atomic mass is 10.4. The Balaban J connectivity index is 2.45. The molecule has 0 spiro atoms. The zero-order valence-electron chi connectivity index (χ0n) is 7.99. The summed E-state index contributed by atoms with van der Waals surface area (Å²) in [6.07, 6.45) is 0.151. The average Bonchev–Trinajstić information content (AvgIpc) is 2.61. The standard InChI is InChI=1S/C9H11F2N3O/c1-2-9(15)12-5-7-3-4-14(13-7)6-8(10)11/h2-4,8H,1,5-6H2,(H,12,15). The molecule has 1 rings (SSSR count). The third kappa shape index (κ3) is 3.88. The number of nitrogens with one attached hydrogen (secondary N) is 1. The number of nitrogens with zero attached hydrogens (tertiary/aromatic N) is 2. The minimum atomic E-state index is -2.43. The van der Waals surface area contributed by atoms with Crippen LogP contribution >= 0.6 is 0 Å². The van der Waals surface area contributed by atoms with Crippen LogP contribution in [-0.4, -0.2) is 22.1 Å². The molecule has 1 aromatic heterocycles. The molecule has 0 radical (unpaired) electrons. The fraction of sp³-hybridized carbons (Fsp3) is 0.333. The Morgan fingerprint density at radius 3 is 3.07 bits per heavy atom. The second-order valence-electron chi connectivity index (χ2n) is 2.84. The van der Waals surface area contributed by atoms with Crippen LogP contribution in [0.15, 0.2) is 24.9 Å². The topological polar surface area (TPSA) is 46.9 Å². The minimum absolute atomic E-state index is 0.209. The summed E-state index contributed by atoms with van der Waals surface area (Å²) in [6.45, 7) is 3.05. The van der Waals surface area contributed by atoms with Gasteiger partial charge in [0.25, 0.3) is 6.43 Å². The summed E-state index contributed by atoms with van der Waals surface area (Å²) >= 11 is 0. The number of hydrogen-bond donors (Lipinski definition) is 1. The van der Waals surface area contributed by atoms with E-state index in [9.17, 15) is 13.6 Å². The molecular weight excluding hydrogens is 204 g/mol. The second-order valence-corrected chi connectivity index (χ2v) is 2.84. The number of carbonyl (C=O) groups excluding carboxylic acids is 1. The molecule has 0 unspecified atom stereocenters. The molecule has 82 valence electrons. The number of carbonyl (C=O) groups is 1. The first-order valence-corrected chi connectivity index (χ1v) is 4.32. The first-order chi connectivity index (χ1) is 7.11. The van der Waals surface area contributed by atoms with Gasteiger partial charge in [-0.15, -0.1) is 0 Å². The van der Waals surface area contributed by atoms with Crippen LogP contribution in [0, 0.1) is 0 Å². The maximum atomic E-state index is 12.0. The quantitative estimate of drug-likeness (QED) is 0.743. The highest BCUT2D eigenvalue weighted by molar-refractivity contribution is 5.86. The molecule has 0 aliphatic carbocycles. The van der Waals surface area contributed by atoms with E-state index in [-0.39, 0.29) is 12.5 Å². The normalized spacial score (nSPS) is 10.3. The fourth-order valence-electron chi connectivity index (χ4n) is 0.991. The van der Waals surface area contributed by atoms with Gasteiger partial charge in [-0.25, -0.2) is 8.78 Å². The van der Waals surface area contributed by atoms with E-state index in [4.69, 9.17) is 0 Å². The van der Waals surface area contributed by atoms with Gasteiger partial charge in [0, 0.05) is 6.20 Å². The Morgan fingerprint density at radius 1 is 1.73 bits per heavy atom. The summed E-state index contributed by atoms with van der Waals surface area (Å²) in [4.78, 5) is 10.8. The van der Waals surface area contributed by atoms with Gasteiger partial charge in [-0.05, 0) is 12.1 Å². The smallest absolute Gasteiger partial charge is 0.257 e. The van der Waals surface area contributed by atoms with E-state index in [0.29, 0.717) is 5.69 Å². The van der Waals surface area contributed by atoms with Crippen molar-refractivity contribution in [3.05, 3.63) is 30.6 Å². The molecular formula is C9H11F2N3O. The third-order valence-electron chi connectivity index (χ3n) is 1.65. The lowest BCUT2D eigenvalue weighted by Crippen LogP contribution is -2.20. The van der Waals surface area contributed by atoms with Crippen molar-refractivity contribution in [2.75, 3.05) is 0 Å². The van der Waals surface area contributed by atoms with E-state index in [2.05, 4.69) is 17.0 Å². The Morgan fingerprint density at radius 2 is 2.47 bits per heavy atom. The first-order valence-electron chi connectivity index (χ1n) is 4.32. The molecule has 0 saturated heterocycles. The van der Waals surface area contributed by atoms with Gasteiger partial charge in [0.1, 0.15) is 6.54 Å². The molecule has 0 bridgehead atoms. The SMILES string of the molecule is C=CC(=O)NCc1ccn(CC(F)F)n1. The Hall–Kier alpha value is -1.72. The number of rotatable bonds is 5. The molecule has 1 N–H and O–H groups in total. The third-order valence-corrected chi connectivity index (χ3v) is 1.65. The van der Waals surface area contributed by atoms with Crippen molar-refractivity contribution in [3.8, 4) is 0 Å². The highest BCUT2D eigenvalue weighted by Crippen LogP contribution is 2.00. The van der Waals surface area contributed by atoms with Crippen LogP contribution in [0.3, 0.4) is 0 Å². The van der Waals surface area contributed by atoms with Crippen LogP contribution in [0.1, 0.15) is 5.69 Å². The summed E-state index contributed by atoms with van der Waals surface area (Å²) in [5, 5.41) is 6.34. The largest absolute Gasteiger partial charge is 0.347 e. The van der Waals surface area contributed by atoms with Gasteiger partial charge in [-0.1, -0.05) is 6.58 Å². The molecule has 0 fully saturated rings. The van der Waals surface area contributed by atoms with E-state index in [1.807, 2.05) is 0 Å². The van der Waals surface area contributed by atoms with Crippen molar-refractivity contribution >= 4 is 5.91 Å². The average molecular weight is 215 g/mol. The van der Waals surface area contributed by atoms with Crippen LogP contribution in [0.5, 0.6) is 0 Å². The number of halogens is 2. The summed E-state index contributed by atoms with van der Waals surface area (Å²) < 4.78 is 25.0. The van der Waals surface area contributed by atoms with Crippen molar-refractivity contribution in [2.24, 2.45) is 0 Å². The predicted molar refractivity (Wildman–Crippen MR) is 50.3 cm³/mol. The lowest BCUT2D eigenvalue weighted by molar-refractivity contribution is -0.116. The van der Waals surface area contributed by atoms with Crippen LogP contribution in [0.4, 0.5) is 8.78 Å². The van der Waals surface area contributed by atoms with Gasteiger partial charge in [0.15, 0.2) is 0 Å². The number of alkyl halides is 2. The highest BCUT2D eigenvalue weighted by Gasteiger charge is 2.05. The lowest BCUT2D eigenvalue weighted by Gasteiger charge is -2.00. The Bertz CT molecular complexity index is 349. The van der Waals surface area contributed by atoms with Crippen LogP contribution in [0.2, 0.25) is 0 Å². The van der Waals surface area contributed by atoms with Gasteiger partial charge in [-0.3, -0.25) is 9.48 Å². The zero-order valence-corrected chi connectivity index (χ0v) is 7.99. The van der Waals surface area contributed by atoms with Gasteiger partial charge in [0.05, 0.1) is 12.2 Å². The van der Waals surface area contributed by atoms with Crippen molar-refractivity contribution in [3.63, 3.8) is 0 Å². The second kappa shape index (κ2) is 5.23. The van der Waals surface area contributed by atoms with E-state index < -0.39 is 13.0 Å². The molecule has 1 heterocycles. The van der Waals surface area contributed by atoms with Crippen molar-refractivity contribution in [2.45, 2.75) is 19.5 Å². The molecule has 0 aliphatic heterocycles. The van der Waals surface area contributed by atoms with Gasteiger partial charge in [-0.2, -0.15) is 5.10 Å².